The van der Waals surface area contributed by atoms with E-state index < -0.39 is 0 Å². The molecule has 0 spiro atoms. The molecule has 3 nitrogen and oxygen atoms in total. The summed E-state index contributed by atoms with van der Waals surface area (Å²) in [5, 5.41) is 0.744. The quantitative estimate of drug-likeness (QED) is 0.727. The van der Waals surface area contributed by atoms with E-state index in [0.717, 1.165) is 35.8 Å². The van der Waals surface area contributed by atoms with E-state index in [1.807, 2.05) is 53.4 Å². The molecule has 2 aromatic carbocycles. The summed E-state index contributed by atoms with van der Waals surface area (Å²) < 4.78 is 0. The molecular formula is C20H24Cl2N2O. The molecule has 0 aliphatic heterocycles. The number of benzene rings is 2. The summed E-state index contributed by atoms with van der Waals surface area (Å²) in [7, 11) is 0. The molecule has 0 heterocycles. The Balaban J connectivity index is 0.00000225. The van der Waals surface area contributed by atoms with Crippen molar-refractivity contribution in [2.75, 3.05) is 18.8 Å². The summed E-state index contributed by atoms with van der Waals surface area (Å²) >= 11 is 5.93. The molecule has 2 N–H and O–H groups in total. The number of nitrogen functional groups attached to an aromatic ring is 1. The summed E-state index contributed by atoms with van der Waals surface area (Å²) in [5.41, 5.74) is 8.66. The predicted molar refractivity (Wildman–Crippen MR) is 106 cm³/mol. The smallest absolute Gasteiger partial charge is 0.227 e. The van der Waals surface area contributed by atoms with Crippen LogP contribution in [0, 0.1) is 5.92 Å². The third-order valence-corrected chi connectivity index (χ3v) is 4.70. The van der Waals surface area contributed by atoms with Gasteiger partial charge in [-0.25, -0.2) is 0 Å². The molecule has 0 unspecified atom stereocenters. The van der Waals surface area contributed by atoms with Crippen molar-refractivity contribution >= 4 is 35.6 Å². The minimum Gasteiger partial charge on any atom is -0.399 e. The average Bonchev–Trinajstić information content (AvgIpc) is 3.39. The van der Waals surface area contributed by atoms with Crippen molar-refractivity contribution in [1.29, 1.82) is 0 Å². The summed E-state index contributed by atoms with van der Waals surface area (Å²) in [6, 6.07) is 15.4. The lowest BCUT2D eigenvalue weighted by Crippen LogP contribution is -2.35. The Kier molecular flexibility index (Phi) is 7.15. The molecule has 0 radical (unpaired) electrons. The highest BCUT2D eigenvalue weighted by Gasteiger charge is 2.26. The van der Waals surface area contributed by atoms with Gasteiger partial charge in [0.25, 0.3) is 0 Å². The number of nitrogens with zero attached hydrogens (tertiary/aromatic N) is 1. The maximum Gasteiger partial charge on any atom is 0.227 e. The van der Waals surface area contributed by atoms with E-state index in [0.29, 0.717) is 12.3 Å². The number of carbonyl (C=O) groups excluding carboxylic acids is 1. The molecule has 1 aliphatic rings. The zero-order chi connectivity index (χ0) is 16.9. The first-order valence-corrected chi connectivity index (χ1v) is 8.84. The fraction of sp³-hybridized carbons (Fsp3) is 0.350. The van der Waals surface area contributed by atoms with E-state index in [1.54, 1.807) is 0 Å². The molecule has 0 aromatic heterocycles. The Morgan fingerprint density at radius 2 is 1.64 bits per heavy atom. The van der Waals surface area contributed by atoms with Gasteiger partial charge in [0.15, 0.2) is 0 Å². The van der Waals surface area contributed by atoms with Gasteiger partial charge in [-0.3, -0.25) is 4.79 Å². The molecule has 5 heteroatoms. The first kappa shape index (κ1) is 19.6. The summed E-state index contributed by atoms with van der Waals surface area (Å²) in [5.74, 6) is 0.881. The number of carbonyl (C=O) groups is 1. The van der Waals surface area contributed by atoms with Gasteiger partial charge in [-0.1, -0.05) is 35.9 Å². The minimum atomic E-state index is 0. The third kappa shape index (κ3) is 6.26. The van der Waals surface area contributed by atoms with Gasteiger partial charge in [0, 0.05) is 23.8 Å². The van der Waals surface area contributed by atoms with Crippen molar-refractivity contribution in [3.05, 3.63) is 64.7 Å². The molecule has 2 aromatic rings. The molecule has 0 atom stereocenters. The number of rotatable bonds is 7. The van der Waals surface area contributed by atoms with E-state index in [-0.39, 0.29) is 18.3 Å². The van der Waals surface area contributed by atoms with E-state index >= 15 is 0 Å². The molecule has 1 fully saturated rings. The number of anilines is 1. The van der Waals surface area contributed by atoms with Gasteiger partial charge in [-0.2, -0.15) is 0 Å². The van der Waals surface area contributed by atoms with E-state index in [4.69, 9.17) is 17.3 Å². The van der Waals surface area contributed by atoms with Crippen LogP contribution < -0.4 is 5.73 Å². The molecule has 1 aliphatic carbocycles. The zero-order valence-corrected chi connectivity index (χ0v) is 15.7. The summed E-state index contributed by atoms with van der Waals surface area (Å²) in [4.78, 5) is 14.7. The van der Waals surface area contributed by atoms with Gasteiger partial charge < -0.3 is 10.6 Å². The monoisotopic (exact) mass is 378 g/mol. The fourth-order valence-electron chi connectivity index (χ4n) is 2.77. The second-order valence-electron chi connectivity index (χ2n) is 6.58. The first-order valence-electron chi connectivity index (χ1n) is 8.47. The van der Waals surface area contributed by atoms with Gasteiger partial charge in [0.1, 0.15) is 0 Å². The molecule has 1 amide bonds. The second kappa shape index (κ2) is 9.12. The normalized spacial score (nSPS) is 13.2. The first-order chi connectivity index (χ1) is 11.6. The van der Waals surface area contributed by atoms with Crippen molar-refractivity contribution in [2.24, 2.45) is 5.92 Å². The SMILES string of the molecule is Cl.Nc1ccc(CC(=O)N(CCc2ccc(Cl)cc2)CC2CC2)cc1. The maximum absolute atomic E-state index is 12.7. The second-order valence-corrected chi connectivity index (χ2v) is 7.01. The van der Waals surface area contributed by atoms with Crippen LogP contribution in [0.5, 0.6) is 0 Å². The summed E-state index contributed by atoms with van der Waals surface area (Å²) in [6.45, 7) is 1.63. The van der Waals surface area contributed by atoms with Crippen LogP contribution in [-0.4, -0.2) is 23.9 Å². The van der Waals surface area contributed by atoms with Crippen LogP contribution in [0.1, 0.15) is 24.0 Å². The van der Waals surface area contributed by atoms with Gasteiger partial charge in [0.05, 0.1) is 6.42 Å². The molecule has 1 saturated carbocycles. The Morgan fingerprint density at radius 3 is 2.24 bits per heavy atom. The van der Waals surface area contributed by atoms with Crippen LogP contribution >= 0.6 is 24.0 Å². The van der Waals surface area contributed by atoms with E-state index in [1.165, 1.54) is 18.4 Å². The number of amides is 1. The van der Waals surface area contributed by atoms with Gasteiger partial charge in [0.2, 0.25) is 5.91 Å². The highest BCUT2D eigenvalue weighted by molar-refractivity contribution is 6.30. The van der Waals surface area contributed by atoms with Crippen molar-refractivity contribution in [3.8, 4) is 0 Å². The average molecular weight is 379 g/mol. The predicted octanol–water partition coefficient (Wildman–Crippen LogP) is 4.37. The number of hydrogen-bond acceptors (Lipinski definition) is 2. The third-order valence-electron chi connectivity index (χ3n) is 4.45. The van der Waals surface area contributed by atoms with E-state index in [2.05, 4.69) is 0 Å². The van der Waals surface area contributed by atoms with Crippen molar-refractivity contribution < 1.29 is 4.79 Å². The van der Waals surface area contributed by atoms with Crippen LogP contribution in [0.4, 0.5) is 5.69 Å². The number of halogens is 2. The Labute approximate surface area is 160 Å². The molecular weight excluding hydrogens is 355 g/mol. The van der Waals surface area contributed by atoms with Crippen LogP contribution in [-0.2, 0) is 17.6 Å². The largest absolute Gasteiger partial charge is 0.399 e. The van der Waals surface area contributed by atoms with Crippen LogP contribution in [0.2, 0.25) is 5.02 Å². The lowest BCUT2D eigenvalue weighted by Gasteiger charge is -2.23. The standard InChI is InChI=1S/C20H23ClN2O.ClH/c21-18-7-3-15(4-8-18)11-12-23(14-17-1-2-17)20(24)13-16-5-9-19(22)10-6-16;/h3-10,17H,1-2,11-14,22H2;1H. The van der Waals surface area contributed by atoms with Crippen molar-refractivity contribution in [3.63, 3.8) is 0 Å². The Hall–Kier alpha value is -1.71. The highest BCUT2D eigenvalue weighted by Crippen LogP contribution is 2.30. The molecule has 3 rings (SSSR count). The topological polar surface area (TPSA) is 46.3 Å². The van der Waals surface area contributed by atoms with Gasteiger partial charge in [-0.05, 0) is 60.6 Å². The maximum atomic E-state index is 12.7. The Morgan fingerprint density at radius 1 is 1.04 bits per heavy atom. The lowest BCUT2D eigenvalue weighted by molar-refractivity contribution is -0.130. The molecule has 25 heavy (non-hydrogen) atoms. The minimum absolute atomic E-state index is 0. The van der Waals surface area contributed by atoms with Crippen molar-refractivity contribution in [1.82, 2.24) is 4.90 Å². The molecule has 0 bridgehead atoms. The zero-order valence-electron chi connectivity index (χ0n) is 14.2. The highest BCUT2D eigenvalue weighted by atomic mass is 35.5. The van der Waals surface area contributed by atoms with Crippen molar-refractivity contribution in [2.45, 2.75) is 25.7 Å². The van der Waals surface area contributed by atoms with Crippen LogP contribution in [0.15, 0.2) is 48.5 Å². The van der Waals surface area contributed by atoms with Crippen LogP contribution in [0.25, 0.3) is 0 Å². The van der Waals surface area contributed by atoms with E-state index in [9.17, 15) is 4.79 Å². The van der Waals surface area contributed by atoms with Crippen LogP contribution in [0.3, 0.4) is 0 Å². The lowest BCUT2D eigenvalue weighted by atomic mass is 10.1. The molecule has 134 valence electrons. The molecule has 0 saturated heterocycles. The number of nitrogens with two attached hydrogens (primary N) is 1. The van der Waals surface area contributed by atoms with Gasteiger partial charge in [-0.15, -0.1) is 12.4 Å². The van der Waals surface area contributed by atoms with Gasteiger partial charge >= 0.3 is 0 Å². The Bertz CT molecular complexity index is 682. The number of hydrogen-bond donors (Lipinski definition) is 1. The fourth-order valence-corrected chi connectivity index (χ4v) is 2.89. The summed E-state index contributed by atoms with van der Waals surface area (Å²) in [6.07, 6.45) is 3.78.